The van der Waals surface area contributed by atoms with Gasteiger partial charge in [0, 0.05) is 12.4 Å². The summed E-state index contributed by atoms with van der Waals surface area (Å²) in [4.78, 5) is 0. The van der Waals surface area contributed by atoms with Gasteiger partial charge in [-0.3, -0.25) is 4.68 Å². The molecular formula is C17H25N3. The zero-order valence-corrected chi connectivity index (χ0v) is 13.0. The summed E-state index contributed by atoms with van der Waals surface area (Å²) in [5, 5.41) is 8.01. The Bertz CT molecular complexity index is 520. The van der Waals surface area contributed by atoms with Crippen LogP contribution in [0.2, 0.25) is 0 Å². The SMILES string of the molecule is CCCNC(Cn1cccn1)c1c(C)cc(C)cc1C. The predicted octanol–water partition coefficient (Wildman–Crippen LogP) is 3.55. The van der Waals surface area contributed by atoms with Gasteiger partial charge < -0.3 is 5.32 Å². The van der Waals surface area contributed by atoms with E-state index in [1.54, 1.807) is 0 Å². The van der Waals surface area contributed by atoms with Gasteiger partial charge in [0.25, 0.3) is 0 Å². The van der Waals surface area contributed by atoms with Gasteiger partial charge in [-0.25, -0.2) is 0 Å². The molecule has 1 aromatic heterocycles. The fraction of sp³-hybridized carbons (Fsp3) is 0.471. The monoisotopic (exact) mass is 271 g/mol. The van der Waals surface area contributed by atoms with Crippen LogP contribution in [0.3, 0.4) is 0 Å². The van der Waals surface area contributed by atoms with E-state index in [0.717, 1.165) is 19.5 Å². The van der Waals surface area contributed by atoms with Crippen molar-refractivity contribution < 1.29 is 0 Å². The molecule has 0 saturated heterocycles. The minimum absolute atomic E-state index is 0.315. The molecule has 20 heavy (non-hydrogen) atoms. The Hall–Kier alpha value is -1.61. The molecule has 108 valence electrons. The van der Waals surface area contributed by atoms with E-state index in [9.17, 15) is 0 Å². The standard InChI is InChI=1S/C17H25N3/c1-5-7-18-16(12-20-9-6-8-19-20)17-14(3)10-13(2)11-15(17)4/h6,8-11,16,18H,5,7,12H2,1-4H3. The van der Waals surface area contributed by atoms with E-state index >= 15 is 0 Å². The molecule has 1 atom stereocenters. The van der Waals surface area contributed by atoms with E-state index in [2.05, 4.69) is 50.2 Å². The maximum Gasteiger partial charge on any atom is 0.0604 e. The number of aryl methyl sites for hydroxylation is 3. The molecule has 2 rings (SSSR count). The average molecular weight is 271 g/mol. The normalized spacial score (nSPS) is 12.6. The summed E-state index contributed by atoms with van der Waals surface area (Å²) < 4.78 is 2.01. The molecule has 0 saturated carbocycles. The lowest BCUT2D eigenvalue weighted by Gasteiger charge is -2.23. The van der Waals surface area contributed by atoms with Gasteiger partial charge >= 0.3 is 0 Å². The van der Waals surface area contributed by atoms with Crippen molar-refractivity contribution in [3.8, 4) is 0 Å². The first-order valence-electron chi connectivity index (χ1n) is 7.40. The van der Waals surface area contributed by atoms with E-state index in [1.807, 2.05) is 23.1 Å². The third-order valence-electron chi connectivity index (χ3n) is 3.66. The highest BCUT2D eigenvalue weighted by Crippen LogP contribution is 2.25. The van der Waals surface area contributed by atoms with Crippen LogP contribution in [0, 0.1) is 20.8 Å². The lowest BCUT2D eigenvalue weighted by atomic mass is 9.94. The summed E-state index contributed by atoms with van der Waals surface area (Å²) in [6, 6.07) is 6.83. The Kier molecular flexibility index (Phi) is 4.96. The molecule has 1 unspecified atom stereocenters. The molecule has 1 heterocycles. The van der Waals surface area contributed by atoms with Crippen molar-refractivity contribution >= 4 is 0 Å². The second-order valence-corrected chi connectivity index (χ2v) is 5.55. The first-order chi connectivity index (χ1) is 9.61. The minimum Gasteiger partial charge on any atom is -0.308 e. The van der Waals surface area contributed by atoms with Gasteiger partial charge in [-0.1, -0.05) is 24.6 Å². The van der Waals surface area contributed by atoms with Crippen molar-refractivity contribution in [3.05, 3.63) is 52.8 Å². The molecule has 1 N–H and O–H groups in total. The molecule has 0 aliphatic heterocycles. The maximum atomic E-state index is 4.34. The van der Waals surface area contributed by atoms with E-state index in [0.29, 0.717) is 6.04 Å². The third kappa shape index (κ3) is 3.48. The van der Waals surface area contributed by atoms with E-state index in [-0.39, 0.29) is 0 Å². The van der Waals surface area contributed by atoms with Crippen LogP contribution >= 0.6 is 0 Å². The first kappa shape index (κ1) is 14.8. The van der Waals surface area contributed by atoms with Gasteiger partial charge in [-0.05, 0) is 56.5 Å². The van der Waals surface area contributed by atoms with Crippen LogP contribution in [-0.4, -0.2) is 16.3 Å². The van der Waals surface area contributed by atoms with Crippen LogP contribution in [0.1, 0.15) is 41.6 Å². The molecule has 0 aliphatic carbocycles. The maximum absolute atomic E-state index is 4.34. The molecule has 1 aromatic carbocycles. The number of nitrogens with one attached hydrogen (secondary N) is 1. The molecule has 3 nitrogen and oxygen atoms in total. The molecule has 2 aromatic rings. The second kappa shape index (κ2) is 6.71. The minimum atomic E-state index is 0.315. The highest BCUT2D eigenvalue weighted by atomic mass is 15.3. The topological polar surface area (TPSA) is 29.9 Å². The number of hydrogen-bond acceptors (Lipinski definition) is 2. The fourth-order valence-corrected chi connectivity index (χ4v) is 2.91. The molecule has 3 heteroatoms. The van der Waals surface area contributed by atoms with Crippen molar-refractivity contribution in [2.24, 2.45) is 0 Å². The van der Waals surface area contributed by atoms with Crippen LogP contribution in [0.4, 0.5) is 0 Å². The Balaban J connectivity index is 2.30. The highest BCUT2D eigenvalue weighted by Gasteiger charge is 2.16. The Labute approximate surface area is 122 Å². The van der Waals surface area contributed by atoms with Crippen molar-refractivity contribution in [1.82, 2.24) is 15.1 Å². The lowest BCUT2D eigenvalue weighted by molar-refractivity contribution is 0.436. The number of hydrogen-bond donors (Lipinski definition) is 1. The van der Waals surface area contributed by atoms with Crippen molar-refractivity contribution in [2.75, 3.05) is 6.54 Å². The quantitative estimate of drug-likeness (QED) is 0.870. The van der Waals surface area contributed by atoms with Crippen molar-refractivity contribution in [2.45, 2.75) is 46.7 Å². The molecule has 0 aliphatic rings. The van der Waals surface area contributed by atoms with E-state index in [1.165, 1.54) is 22.3 Å². The molecule has 0 amide bonds. The molecule has 0 bridgehead atoms. The summed E-state index contributed by atoms with van der Waals surface area (Å²) in [5.74, 6) is 0. The zero-order chi connectivity index (χ0) is 14.5. The average Bonchev–Trinajstić information content (AvgIpc) is 2.87. The second-order valence-electron chi connectivity index (χ2n) is 5.55. The zero-order valence-electron chi connectivity index (χ0n) is 13.0. The summed E-state index contributed by atoms with van der Waals surface area (Å²) in [6.07, 6.45) is 5.00. The lowest BCUT2D eigenvalue weighted by Crippen LogP contribution is -2.28. The summed E-state index contributed by atoms with van der Waals surface area (Å²) in [7, 11) is 0. The smallest absolute Gasteiger partial charge is 0.0604 e. The van der Waals surface area contributed by atoms with Crippen LogP contribution < -0.4 is 5.32 Å². The number of aromatic nitrogens is 2. The predicted molar refractivity (Wildman–Crippen MR) is 83.9 cm³/mol. The Morgan fingerprint density at radius 1 is 1.20 bits per heavy atom. The van der Waals surface area contributed by atoms with Crippen LogP contribution in [0.25, 0.3) is 0 Å². The molecule has 0 fully saturated rings. The highest BCUT2D eigenvalue weighted by molar-refractivity contribution is 5.39. The van der Waals surface area contributed by atoms with Gasteiger partial charge in [0.2, 0.25) is 0 Å². The summed E-state index contributed by atoms with van der Waals surface area (Å²) >= 11 is 0. The number of benzene rings is 1. The molecule has 0 spiro atoms. The Morgan fingerprint density at radius 2 is 1.90 bits per heavy atom. The molecule has 0 radical (unpaired) electrons. The van der Waals surface area contributed by atoms with Gasteiger partial charge in [0.15, 0.2) is 0 Å². The van der Waals surface area contributed by atoms with Gasteiger partial charge in [-0.2, -0.15) is 5.10 Å². The van der Waals surface area contributed by atoms with Crippen LogP contribution in [0.15, 0.2) is 30.6 Å². The third-order valence-corrected chi connectivity index (χ3v) is 3.66. The molecular weight excluding hydrogens is 246 g/mol. The largest absolute Gasteiger partial charge is 0.308 e. The van der Waals surface area contributed by atoms with Crippen LogP contribution in [0.5, 0.6) is 0 Å². The summed E-state index contributed by atoms with van der Waals surface area (Å²) in [5.41, 5.74) is 5.48. The van der Waals surface area contributed by atoms with Crippen molar-refractivity contribution in [3.63, 3.8) is 0 Å². The fourth-order valence-electron chi connectivity index (χ4n) is 2.91. The Morgan fingerprint density at radius 3 is 2.45 bits per heavy atom. The summed E-state index contributed by atoms with van der Waals surface area (Å²) in [6.45, 7) is 10.7. The van der Waals surface area contributed by atoms with Gasteiger partial charge in [0.1, 0.15) is 0 Å². The number of rotatable bonds is 6. The van der Waals surface area contributed by atoms with E-state index < -0.39 is 0 Å². The number of nitrogens with zero attached hydrogens (tertiary/aromatic N) is 2. The van der Waals surface area contributed by atoms with Crippen molar-refractivity contribution in [1.29, 1.82) is 0 Å². The van der Waals surface area contributed by atoms with E-state index in [4.69, 9.17) is 0 Å². The van der Waals surface area contributed by atoms with Gasteiger partial charge in [0.05, 0.1) is 12.6 Å². The van der Waals surface area contributed by atoms with Crippen LogP contribution in [-0.2, 0) is 6.54 Å². The van der Waals surface area contributed by atoms with Gasteiger partial charge in [-0.15, -0.1) is 0 Å². The first-order valence-corrected chi connectivity index (χ1v) is 7.40.